The van der Waals surface area contributed by atoms with Gasteiger partial charge in [0.2, 0.25) is 9.84 Å². The quantitative estimate of drug-likeness (QED) is 0.368. The van der Waals surface area contributed by atoms with E-state index in [4.69, 9.17) is 11.6 Å². The lowest BCUT2D eigenvalue weighted by Gasteiger charge is -2.09. The monoisotopic (exact) mass is 474 g/mol. The van der Waals surface area contributed by atoms with Crippen LogP contribution < -0.4 is 5.32 Å². The van der Waals surface area contributed by atoms with Gasteiger partial charge in [0.25, 0.3) is 5.91 Å². The van der Waals surface area contributed by atoms with Crippen LogP contribution in [-0.2, 0) is 16.0 Å². The van der Waals surface area contributed by atoms with Gasteiger partial charge in [0, 0.05) is 24.1 Å². The lowest BCUT2D eigenvalue weighted by Crippen LogP contribution is -2.25. The molecule has 0 fully saturated rings. The molecule has 0 aliphatic heterocycles. The van der Waals surface area contributed by atoms with E-state index in [1.165, 1.54) is 0 Å². The van der Waals surface area contributed by atoms with Crippen LogP contribution in [0.1, 0.15) is 15.9 Å². The zero-order chi connectivity index (χ0) is 21.8. The number of amides is 1. The maximum absolute atomic E-state index is 12.6. The van der Waals surface area contributed by atoms with Gasteiger partial charge in [-0.15, -0.1) is 11.8 Å². The number of alkyl halides is 5. The number of sulfone groups is 1. The Balaban J connectivity index is 1.89. The molecule has 1 aromatic heterocycles. The minimum Gasteiger partial charge on any atom is -0.351 e. The van der Waals surface area contributed by atoms with Gasteiger partial charge in [-0.1, -0.05) is 11.6 Å². The molecule has 0 radical (unpaired) electrons. The van der Waals surface area contributed by atoms with Crippen LogP contribution in [0.2, 0.25) is 5.02 Å². The number of carbonyl (C=O) groups is 1. The Hall–Kier alpha value is -1.92. The fraction of sp³-hybridized carbons (Fsp3) is 0.250. The third-order valence-corrected chi connectivity index (χ3v) is 6.25. The molecule has 0 saturated carbocycles. The van der Waals surface area contributed by atoms with E-state index < -0.39 is 38.1 Å². The Morgan fingerprint density at radius 3 is 2.34 bits per heavy atom. The van der Waals surface area contributed by atoms with Crippen molar-refractivity contribution in [2.75, 3.05) is 12.3 Å². The van der Waals surface area contributed by atoms with Gasteiger partial charge in [-0.2, -0.15) is 22.0 Å². The van der Waals surface area contributed by atoms with Crippen molar-refractivity contribution in [1.29, 1.82) is 0 Å². The predicted molar refractivity (Wildman–Crippen MR) is 96.9 cm³/mol. The Kier molecular flexibility index (Phi) is 7.46. The number of pyridine rings is 1. The second kappa shape index (κ2) is 9.26. The van der Waals surface area contributed by atoms with Crippen molar-refractivity contribution in [2.24, 2.45) is 0 Å². The molecule has 0 saturated heterocycles. The third-order valence-electron chi connectivity index (χ3n) is 3.44. The standard InChI is InChI=1S/C16H12ClF5N2O3S2/c17-12-7-10(16(20,21)22)8-24-14(12)28-6-5-23-13(25)9-1-3-11(4-2-9)29(26,27)15(18)19/h1-4,7-8,15H,5-6H2,(H,23,25). The van der Waals surface area contributed by atoms with Gasteiger partial charge < -0.3 is 5.32 Å². The van der Waals surface area contributed by atoms with E-state index in [-0.39, 0.29) is 27.9 Å². The molecule has 0 bridgehead atoms. The summed E-state index contributed by atoms with van der Waals surface area (Å²) in [5.74, 6) is -3.91. The summed E-state index contributed by atoms with van der Waals surface area (Å²) < 4.78 is 85.3. The van der Waals surface area contributed by atoms with Gasteiger partial charge in [0.15, 0.2) is 0 Å². The van der Waals surface area contributed by atoms with Gasteiger partial charge in [0.1, 0.15) is 5.03 Å². The molecule has 13 heteroatoms. The summed E-state index contributed by atoms with van der Waals surface area (Å²) >= 11 is 6.80. The van der Waals surface area contributed by atoms with Gasteiger partial charge in [0.05, 0.1) is 15.5 Å². The average molecular weight is 475 g/mol. The summed E-state index contributed by atoms with van der Waals surface area (Å²) in [6.45, 7) is 0.0968. The fourth-order valence-corrected chi connectivity index (χ4v) is 3.77. The van der Waals surface area contributed by atoms with E-state index >= 15 is 0 Å². The highest BCUT2D eigenvalue weighted by Crippen LogP contribution is 2.33. The number of carbonyl (C=O) groups excluding carboxylic acids is 1. The van der Waals surface area contributed by atoms with Crippen molar-refractivity contribution >= 4 is 39.1 Å². The number of halogens is 6. The fourth-order valence-electron chi connectivity index (χ4n) is 2.00. The van der Waals surface area contributed by atoms with E-state index in [0.717, 1.165) is 42.1 Å². The van der Waals surface area contributed by atoms with Crippen molar-refractivity contribution in [3.8, 4) is 0 Å². The normalized spacial score (nSPS) is 12.2. The third kappa shape index (κ3) is 6.03. The van der Waals surface area contributed by atoms with Crippen LogP contribution in [0.15, 0.2) is 46.5 Å². The summed E-state index contributed by atoms with van der Waals surface area (Å²) in [7, 11) is -4.75. The van der Waals surface area contributed by atoms with E-state index in [2.05, 4.69) is 10.3 Å². The molecular weight excluding hydrogens is 463 g/mol. The maximum Gasteiger partial charge on any atom is 0.417 e. The van der Waals surface area contributed by atoms with E-state index in [9.17, 15) is 35.2 Å². The minimum atomic E-state index is -4.75. The molecule has 158 valence electrons. The van der Waals surface area contributed by atoms with Gasteiger partial charge in [-0.3, -0.25) is 4.79 Å². The first-order chi connectivity index (χ1) is 13.4. The molecule has 0 atom stereocenters. The summed E-state index contributed by atoms with van der Waals surface area (Å²) in [4.78, 5) is 15.0. The van der Waals surface area contributed by atoms with Crippen LogP contribution in [0.3, 0.4) is 0 Å². The number of thioether (sulfide) groups is 1. The van der Waals surface area contributed by atoms with Crippen LogP contribution in [0.5, 0.6) is 0 Å². The molecule has 5 nitrogen and oxygen atoms in total. The van der Waals surface area contributed by atoms with Gasteiger partial charge in [-0.25, -0.2) is 13.4 Å². The number of rotatable bonds is 7. The topological polar surface area (TPSA) is 76.1 Å². The summed E-state index contributed by atoms with van der Waals surface area (Å²) in [6.07, 6.45) is -3.90. The van der Waals surface area contributed by atoms with Crippen LogP contribution in [-0.4, -0.2) is 37.4 Å². The number of aromatic nitrogens is 1. The molecule has 0 aliphatic rings. The van der Waals surface area contributed by atoms with E-state index in [1.807, 2.05) is 0 Å². The number of benzene rings is 1. The first-order valence-electron chi connectivity index (χ1n) is 7.69. The van der Waals surface area contributed by atoms with Crippen LogP contribution in [0, 0.1) is 0 Å². The van der Waals surface area contributed by atoms with Crippen LogP contribution in [0.25, 0.3) is 0 Å². The number of nitrogens with zero attached hydrogens (tertiary/aromatic N) is 1. The summed E-state index contributed by atoms with van der Waals surface area (Å²) in [6, 6.07) is 4.73. The zero-order valence-electron chi connectivity index (χ0n) is 14.2. The largest absolute Gasteiger partial charge is 0.417 e. The minimum absolute atomic E-state index is 0.0499. The Morgan fingerprint density at radius 2 is 1.83 bits per heavy atom. The molecule has 1 aromatic carbocycles. The van der Waals surface area contributed by atoms with E-state index in [0.29, 0.717) is 6.20 Å². The molecule has 0 unspecified atom stereocenters. The van der Waals surface area contributed by atoms with Crippen molar-refractivity contribution in [3.05, 3.63) is 52.7 Å². The lowest BCUT2D eigenvalue weighted by atomic mass is 10.2. The highest BCUT2D eigenvalue weighted by atomic mass is 35.5. The molecule has 1 heterocycles. The smallest absolute Gasteiger partial charge is 0.351 e. The van der Waals surface area contributed by atoms with Crippen molar-refractivity contribution in [1.82, 2.24) is 10.3 Å². The van der Waals surface area contributed by atoms with Crippen molar-refractivity contribution < 1.29 is 35.2 Å². The second-order valence-electron chi connectivity index (χ2n) is 5.44. The zero-order valence-corrected chi connectivity index (χ0v) is 16.6. The molecule has 0 aliphatic carbocycles. The second-order valence-corrected chi connectivity index (χ2v) is 8.85. The highest BCUT2D eigenvalue weighted by molar-refractivity contribution is 7.99. The number of hydrogen-bond donors (Lipinski definition) is 1. The molecule has 1 amide bonds. The Bertz CT molecular complexity index is 983. The first-order valence-corrected chi connectivity index (χ1v) is 10.6. The molecular formula is C16H12ClF5N2O3S2. The predicted octanol–water partition coefficient (Wildman–Crippen LogP) is 4.27. The molecule has 29 heavy (non-hydrogen) atoms. The molecule has 0 spiro atoms. The SMILES string of the molecule is O=C(NCCSc1ncc(C(F)(F)F)cc1Cl)c1ccc(S(=O)(=O)C(F)F)cc1. The van der Waals surface area contributed by atoms with Crippen LogP contribution in [0.4, 0.5) is 22.0 Å². The summed E-state index contributed by atoms with van der Waals surface area (Å²) in [5, 5.41) is 2.49. The maximum atomic E-state index is 12.6. The molecule has 2 rings (SSSR count). The van der Waals surface area contributed by atoms with E-state index in [1.54, 1.807) is 0 Å². The van der Waals surface area contributed by atoms with Crippen molar-refractivity contribution in [3.63, 3.8) is 0 Å². The van der Waals surface area contributed by atoms with Crippen LogP contribution >= 0.6 is 23.4 Å². The van der Waals surface area contributed by atoms with Gasteiger partial charge in [-0.05, 0) is 30.3 Å². The first kappa shape index (κ1) is 23.4. The number of nitrogens with one attached hydrogen (secondary N) is 1. The number of hydrogen-bond acceptors (Lipinski definition) is 5. The van der Waals surface area contributed by atoms with Gasteiger partial charge >= 0.3 is 11.9 Å². The average Bonchev–Trinajstić information content (AvgIpc) is 2.65. The summed E-state index contributed by atoms with van der Waals surface area (Å²) in [5.41, 5.74) is -0.925. The Labute approximate surface area is 171 Å². The Morgan fingerprint density at radius 1 is 1.21 bits per heavy atom. The molecule has 1 N–H and O–H groups in total. The molecule has 2 aromatic rings. The lowest BCUT2D eigenvalue weighted by molar-refractivity contribution is -0.137. The van der Waals surface area contributed by atoms with Crippen molar-refractivity contribution in [2.45, 2.75) is 21.9 Å². The highest BCUT2D eigenvalue weighted by Gasteiger charge is 2.31.